The predicted octanol–water partition coefficient (Wildman–Crippen LogP) is 1.89. The van der Waals surface area contributed by atoms with Gasteiger partial charge in [0.15, 0.2) is 0 Å². The molecule has 2 heterocycles. The minimum absolute atomic E-state index is 0.857. The van der Waals surface area contributed by atoms with Crippen molar-refractivity contribution in [3.63, 3.8) is 0 Å². The lowest BCUT2D eigenvalue weighted by molar-refractivity contribution is 0.0374. The molecule has 98 valence electrons. The third-order valence-electron chi connectivity index (χ3n) is 3.82. The molecule has 0 saturated carbocycles. The smallest absolute Gasteiger partial charge is 0.125 e. The molecule has 0 spiro atoms. The van der Waals surface area contributed by atoms with Gasteiger partial charge in [-0.2, -0.15) is 0 Å². The molecule has 3 heteroatoms. The fourth-order valence-electron chi connectivity index (χ4n) is 2.80. The number of ether oxygens (including phenoxy) is 2. The van der Waals surface area contributed by atoms with Crippen LogP contribution in [0.15, 0.2) is 18.2 Å². The molecule has 0 N–H and O–H groups in total. The number of benzene rings is 1. The molecule has 1 saturated heterocycles. The van der Waals surface area contributed by atoms with Crippen molar-refractivity contribution < 1.29 is 9.47 Å². The molecule has 0 aromatic heterocycles. The van der Waals surface area contributed by atoms with E-state index in [9.17, 15) is 0 Å². The molecule has 0 radical (unpaired) electrons. The van der Waals surface area contributed by atoms with Crippen LogP contribution in [0.25, 0.3) is 0 Å². The SMILES string of the molecule is c1cc(CCCN2CCOCC2)c2c(c1)CCO2. The van der Waals surface area contributed by atoms with Crippen LogP contribution in [0.4, 0.5) is 0 Å². The average molecular weight is 247 g/mol. The largest absolute Gasteiger partial charge is 0.493 e. The summed E-state index contributed by atoms with van der Waals surface area (Å²) in [6, 6.07) is 6.56. The van der Waals surface area contributed by atoms with Gasteiger partial charge in [-0.05, 0) is 30.5 Å². The Labute approximate surface area is 109 Å². The van der Waals surface area contributed by atoms with E-state index in [1.807, 2.05) is 0 Å². The second-order valence-electron chi connectivity index (χ2n) is 5.06. The Morgan fingerprint density at radius 3 is 2.89 bits per heavy atom. The van der Waals surface area contributed by atoms with Gasteiger partial charge in [0.1, 0.15) is 5.75 Å². The van der Waals surface area contributed by atoms with Crippen LogP contribution in [0.3, 0.4) is 0 Å². The fourth-order valence-corrected chi connectivity index (χ4v) is 2.80. The van der Waals surface area contributed by atoms with Crippen molar-refractivity contribution in [3.8, 4) is 5.75 Å². The molecule has 2 aliphatic heterocycles. The number of para-hydroxylation sites is 1. The lowest BCUT2D eigenvalue weighted by Crippen LogP contribution is -2.36. The molecule has 3 rings (SSSR count). The first-order valence-corrected chi connectivity index (χ1v) is 6.97. The van der Waals surface area contributed by atoms with Gasteiger partial charge in [0.2, 0.25) is 0 Å². The Bertz CT molecular complexity index is 399. The number of nitrogens with zero attached hydrogens (tertiary/aromatic N) is 1. The maximum Gasteiger partial charge on any atom is 0.125 e. The van der Waals surface area contributed by atoms with E-state index < -0.39 is 0 Å². The van der Waals surface area contributed by atoms with E-state index in [-0.39, 0.29) is 0 Å². The van der Waals surface area contributed by atoms with Crippen molar-refractivity contribution >= 4 is 0 Å². The van der Waals surface area contributed by atoms with E-state index in [1.54, 1.807) is 0 Å². The lowest BCUT2D eigenvalue weighted by atomic mass is 10.0. The number of hydrogen-bond acceptors (Lipinski definition) is 3. The highest BCUT2D eigenvalue weighted by Crippen LogP contribution is 2.30. The van der Waals surface area contributed by atoms with Crippen LogP contribution in [-0.4, -0.2) is 44.4 Å². The average Bonchev–Trinajstić information content (AvgIpc) is 2.89. The maximum absolute atomic E-state index is 5.74. The Morgan fingerprint density at radius 2 is 2.00 bits per heavy atom. The molecule has 0 aliphatic carbocycles. The second kappa shape index (κ2) is 5.72. The summed E-state index contributed by atoms with van der Waals surface area (Å²) in [5.74, 6) is 1.17. The predicted molar refractivity (Wildman–Crippen MR) is 71.2 cm³/mol. The van der Waals surface area contributed by atoms with Crippen molar-refractivity contribution in [2.75, 3.05) is 39.5 Å². The number of rotatable bonds is 4. The summed E-state index contributed by atoms with van der Waals surface area (Å²) in [5, 5.41) is 0. The zero-order valence-corrected chi connectivity index (χ0v) is 10.9. The Kier molecular flexibility index (Phi) is 3.81. The van der Waals surface area contributed by atoms with Crippen LogP contribution < -0.4 is 4.74 Å². The van der Waals surface area contributed by atoms with Crippen LogP contribution in [0.5, 0.6) is 5.75 Å². The van der Waals surface area contributed by atoms with E-state index in [0.29, 0.717) is 0 Å². The summed E-state index contributed by atoms with van der Waals surface area (Å²) < 4.78 is 11.1. The van der Waals surface area contributed by atoms with Crippen LogP contribution in [-0.2, 0) is 17.6 Å². The number of hydrogen-bond donors (Lipinski definition) is 0. The molecule has 18 heavy (non-hydrogen) atoms. The third-order valence-corrected chi connectivity index (χ3v) is 3.82. The van der Waals surface area contributed by atoms with Crippen molar-refractivity contribution in [1.82, 2.24) is 4.90 Å². The summed E-state index contributed by atoms with van der Waals surface area (Å²) in [6.45, 7) is 5.99. The highest BCUT2D eigenvalue weighted by molar-refractivity contribution is 5.43. The second-order valence-corrected chi connectivity index (χ2v) is 5.06. The summed E-state index contributed by atoms with van der Waals surface area (Å²) in [6.07, 6.45) is 3.41. The number of fused-ring (bicyclic) bond motifs is 1. The summed E-state index contributed by atoms with van der Waals surface area (Å²) in [4.78, 5) is 2.49. The van der Waals surface area contributed by atoms with E-state index >= 15 is 0 Å². The van der Waals surface area contributed by atoms with Gasteiger partial charge < -0.3 is 9.47 Å². The van der Waals surface area contributed by atoms with Gasteiger partial charge in [0.25, 0.3) is 0 Å². The van der Waals surface area contributed by atoms with Crippen LogP contribution >= 0.6 is 0 Å². The molecule has 1 aromatic rings. The van der Waals surface area contributed by atoms with Gasteiger partial charge in [-0.25, -0.2) is 0 Å². The maximum atomic E-state index is 5.74. The Hall–Kier alpha value is -1.06. The van der Waals surface area contributed by atoms with E-state index in [4.69, 9.17) is 9.47 Å². The molecule has 1 aromatic carbocycles. The number of morpholine rings is 1. The van der Waals surface area contributed by atoms with Gasteiger partial charge in [-0.15, -0.1) is 0 Å². The molecule has 0 unspecified atom stereocenters. The van der Waals surface area contributed by atoms with Gasteiger partial charge in [-0.3, -0.25) is 4.90 Å². The molecule has 0 amide bonds. The summed E-state index contributed by atoms with van der Waals surface area (Å²) in [5.41, 5.74) is 2.78. The van der Waals surface area contributed by atoms with Crippen LogP contribution in [0, 0.1) is 0 Å². The zero-order chi connectivity index (χ0) is 12.2. The lowest BCUT2D eigenvalue weighted by Gasteiger charge is -2.26. The fraction of sp³-hybridized carbons (Fsp3) is 0.600. The van der Waals surface area contributed by atoms with Gasteiger partial charge in [-0.1, -0.05) is 18.2 Å². The first kappa shape index (κ1) is 12.0. The molecular formula is C15H21NO2. The van der Waals surface area contributed by atoms with E-state index in [1.165, 1.54) is 29.8 Å². The van der Waals surface area contributed by atoms with E-state index in [2.05, 4.69) is 23.1 Å². The Morgan fingerprint density at radius 1 is 1.11 bits per heavy atom. The minimum atomic E-state index is 0.857. The third kappa shape index (κ3) is 2.68. The molecular weight excluding hydrogens is 226 g/mol. The van der Waals surface area contributed by atoms with Crippen molar-refractivity contribution in [2.24, 2.45) is 0 Å². The molecule has 0 bridgehead atoms. The molecule has 1 fully saturated rings. The first-order chi connectivity index (χ1) is 8.93. The highest BCUT2D eigenvalue weighted by atomic mass is 16.5. The van der Waals surface area contributed by atoms with E-state index in [0.717, 1.165) is 45.8 Å². The molecule has 2 aliphatic rings. The van der Waals surface area contributed by atoms with Crippen molar-refractivity contribution in [3.05, 3.63) is 29.3 Å². The van der Waals surface area contributed by atoms with Gasteiger partial charge >= 0.3 is 0 Å². The quantitative estimate of drug-likeness (QED) is 0.811. The molecule has 3 nitrogen and oxygen atoms in total. The Balaban J connectivity index is 1.52. The standard InChI is InChI=1S/C15H21NO2/c1-3-13(15-14(4-1)6-10-18-15)5-2-7-16-8-11-17-12-9-16/h1,3-4H,2,5-12H2. The monoisotopic (exact) mass is 247 g/mol. The van der Waals surface area contributed by atoms with Gasteiger partial charge in [0.05, 0.1) is 19.8 Å². The van der Waals surface area contributed by atoms with Crippen LogP contribution in [0.1, 0.15) is 17.5 Å². The van der Waals surface area contributed by atoms with Gasteiger partial charge in [0, 0.05) is 19.5 Å². The highest BCUT2D eigenvalue weighted by Gasteiger charge is 2.16. The first-order valence-electron chi connectivity index (χ1n) is 6.97. The van der Waals surface area contributed by atoms with Crippen molar-refractivity contribution in [2.45, 2.75) is 19.3 Å². The number of aryl methyl sites for hydroxylation is 1. The summed E-state index contributed by atoms with van der Waals surface area (Å²) in [7, 11) is 0. The molecule has 0 atom stereocenters. The minimum Gasteiger partial charge on any atom is -0.493 e. The van der Waals surface area contributed by atoms with Crippen LogP contribution in [0.2, 0.25) is 0 Å². The zero-order valence-electron chi connectivity index (χ0n) is 10.9. The summed E-state index contributed by atoms with van der Waals surface area (Å²) >= 11 is 0. The normalized spacial score (nSPS) is 19.6. The topological polar surface area (TPSA) is 21.7 Å². The van der Waals surface area contributed by atoms with Crippen molar-refractivity contribution in [1.29, 1.82) is 0 Å².